The van der Waals surface area contributed by atoms with E-state index in [2.05, 4.69) is 5.32 Å². The summed E-state index contributed by atoms with van der Waals surface area (Å²) < 4.78 is 32.1. The lowest BCUT2D eigenvalue weighted by atomic mass is 10.1. The van der Waals surface area contributed by atoms with Crippen LogP contribution < -0.4 is 10.1 Å². The number of carbonyl (C=O) groups excluding carboxylic acids is 2. The van der Waals surface area contributed by atoms with Crippen molar-refractivity contribution < 1.29 is 22.7 Å². The van der Waals surface area contributed by atoms with Crippen molar-refractivity contribution in [2.24, 2.45) is 0 Å². The molecule has 0 saturated carbocycles. The zero-order valence-electron chi connectivity index (χ0n) is 16.4. The Morgan fingerprint density at radius 3 is 2.24 bits per heavy atom. The largest absolute Gasteiger partial charge is 0.484 e. The third kappa shape index (κ3) is 5.79. The minimum absolute atomic E-state index is 0.0625. The van der Waals surface area contributed by atoms with Crippen molar-refractivity contribution in [2.45, 2.75) is 25.7 Å². The van der Waals surface area contributed by atoms with Crippen LogP contribution in [0.3, 0.4) is 0 Å². The SMILES string of the molecule is CCN(CC)S(=O)(=O)c1cc(NC(=O)COc2ccc(C(C)=O)cc2)ccc1Cl. The monoisotopic (exact) mass is 438 g/mol. The summed E-state index contributed by atoms with van der Waals surface area (Å²) in [5.74, 6) is -0.0901. The van der Waals surface area contributed by atoms with E-state index in [-0.39, 0.29) is 22.3 Å². The fourth-order valence-electron chi connectivity index (χ4n) is 2.61. The summed E-state index contributed by atoms with van der Waals surface area (Å²) in [6.07, 6.45) is 0. The molecular formula is C20H23ClN2O5S. The van der Waals surface area contributed by atoms with Crippen molar-refractivity contribution in [3.8, 4) is 5.75 Å². The first-order valence-corrected chi connectivity index (χ1v) is 10.8. The first-order chi connectivity index (χ1) is 13.7. The molecule has 0 atom stereocenters. The molecule has 29 heavy (non-hydrogen) atoms. The molecule has 0 bridgehead atoms. The molecule has 2 rings (SSSR count). The predicted molar refractivity (Wildman–Crippen MR) is 112 cm³/mol. The van der Waals surface area contributed by atoms with Crippen molar-refractivity contribution in [2.75, 3.05) is 25.0 Å². The Labute approximate surface area is 175 Å². The van der Waals surface area contributed by atoms with E-state index in [9.17, 15) is 18.0 Å². The molecule has 7 nitrogen and oxygen atoms in total. The molecule has 0 unspecified atom stereocenters. The highest BCUT2D eigenvalue weighted by atomic mass is 35.5. The summed E-state index contributed by atoms with van der Waals surface area (Å²) in [5.41, 5.74) is 0.838. The van der Waals surface area contributed by atoms with Crippen molar-refractivity contribution in [3.63, 3.8) is 0 Å². The number of ketones is 1. The summed E-state index contributed by atoms with van der Waals surface area (Å²) in [4.78, 5) is 23.4. The van der Waals surface area contributed by atoms with Crippen molar-refractivity contribution in [1.82, 2.24) is 4.31 Å². The number of rotatable bonds is 9. The Bertz CT molecular complexity index is 986. The predicted octanol–water partition coefficient (Wildman–Crippen LogP) is 3.59. The average molecular weight is 439 g/mol. The lowest BCUT2D eigenvalue weighted by Gasteiger charge is -2.19. The number of hydrogen-bond acceptors (Lipinski definition) is 5. The van der Waals surface area contributed by atoms with Crippen LogP contribution in [0.1, 0.15) is 31.1 Å². The molecule has 1 N–H and O–H groups in total. The van der Waals surface area contributed by atoms with Crippen LogP contribution in [0.15, 0.2) is 47.4 Å². The van der Waals surface area contributed by atoms with E-state index in [1.807, 2.05) is 0 Å². The molecule has 0 fully saturated rings. The molecule has 0 radical (unpaired) electrons. The van der Waals surface area contributed by atoms with Gasteiger partial charge in [0.2, 0.25) is 10.0 Å². The quantitative estimate of drug-likeness (QED) is 0.604. The van der Waals surface area contributed by atoms with E-state index in [1.165, 1.54) is 29.4 Å². The maximum absolute atomic E-state index is 12.7. The minimum atomic E-state index is -3.77. The molecule has 0 saturated heterocycles. The van der Waals surface area contributed by atoms with Crippen LogP contribution in [0, 0.1) is 0 Å². The van der Waals surface area contributed by atoms with Crippen molar-refractivity contribution >= 4 is 39.0 Å². The number of nitrogens with zero attached hydrogens (tertiary/aromatic N) is 1. The fraction of sp³-hybridized carbons (Fsp3) is 0.300. The third-order valence-electron chi connectivity index (χ3n) is 4.17. The van der Waals surface area contributed by atoms with Gasteiger partial charge in [0.15, 0.2) is 12.4 Å². The topological polar surface area (TPSA) is 92.8 Å². The van der Waals surface area contributed by atoms with E-state index in [4.69, 9.17) is 16.3 Å². The van der Waals surface area contributed by atoms with Gasteiger partial charge in [-0.15, -0.1) is 0 Å². The summed E-state index contributed by atoms with van der Waals surface area (Å²) in [6, 6.07) is 10.7. The molecule has 0 aliphatic carbocycles. The molecular weight excluding hydrogens is 416 g/mol. The zero-order chi connectivity index (χ0) is 21.6. The van der Waals surface area contributed by atoms with Gasteiger partial charge in [-0.2, -0.15) is 4.31 Å². The molecule has 2 aromatic carbocycles. The second-order valence-electron chi connectivity index (χ2n) is 6.15. The van der Waals surface area contributed by atoms with Crippen LogP contribution in [-0.2, 0) is 14.8 Å². The number of halogens is 1. The van der Waals surface area contributed by atoms with Crippen LogP contribution in [0.25, 0.3) is 0 Å². The molecule has 2 aromatic rings. The summed E-state index contributed by atoms with van der Waals surface area (Å²) in [6.45, 7) is 5.27. The number of benzene rings is 2. The van der Waals surface area contributed by atoms with Crippen LogP contribution in [-0.4, -0.2) is 44.1 Å². The highest BCUT2D eigenvalue weighted by molar-refractivity contribution is 7.89. The van der Waals surface area contributed by atoms with Crippen LogP contribution in [0.2, 0.25) is 5.02 Å². The molecule has 0 heterocycles. The number of Topliss-reactive ketones (excluding diaryl/α,β-unsaturated/α-hetero) is 1. The van der Waals surface area contributed by atoms with Crippen molar-refractivity contribution in [1.29, 1.82) is 0 Å². The standard InChI is InChI=1S/C20H23ClN2O5S/c1-4-23(5-2)29(26,27)19-12-16(8-11-18(19)21)22-20(25)13-28-17-9-6-15(7-10-17)14(3)24/h6-12H,4-5,13H2,1-3H3,(H,22,25). The van der Waals surface area contributed by atoms with Gasteiger partial charge < -0.3 is 10.1 Å². The molecule has 156 valence electrons. The Balaban J connectivity index is 2.08. The number of hydrogen-bond donors (Lipinski definition) is 1. The Kier molecular flexibility index (Phi) is 7.78. The fourth-order valence-corrected chi connectivity index (χ4v) is 4.57. The normalized spacial score (nSPS) is 11.3. The van der Waals surface area contributed by atoms with Gasteiger partial charge in [-0.3, -0.25) is 9.59 Å². The molecule has 0 spiro atoms. The summed E-state index contributed by atoms with van der Waals surface area (Å²) in [5, 5.41) is 2.68. The third-order valence-corrected chi connectivity index (χ3v) is 6.70. The average Bonchev–Trinajstić information content (AvgIpc) is 2.68. The van der Waals surface area contributed by atoms with E-state index < -0.39 is 15.9 Å². The Morgan fingerprint density at radius 2 is 1.69 bits per heavy atom. The number of ether oxygens (including phenoxy) is 1. The molecule has 9 heteroatoms. The first-order valence-electron chi connectivity index (χ1n) is 9.02. The lowest BCUT2D eigenvalue weighted by Crippen LogP contribution is -2.31. The highest BCUT2D eigenvalue weighted by Gasteiger charge is 2.25. The molecule has 0 aromatic heterocycles. The number of anilines is 1. The maximum Gasteiger partial charge on any atom is 0.262 e. The number of amides is 1. The van der Waals surface area contributed by atoms with Crippen LogP contribution in [0.4, 0.5) is 5.69 Å². The minimum Gasteiger partial charge on any atom is -0.484 e. The van der Waals surface area contributed by atoms with Gasteiger partial charge >= 0.3 is 0 Å². The Hall–Kier alpha value is -2.42. The molecule has 0 aliphatic heterocycles. The second kappa shape index (κ2) is 9.87. The number of sulfonamides is 1. The van der Waals surface area contributed by atoms with E-state index in [0.717, 1.165) is 0 Å². The maximum atomic E-state index is 12.7. The van der Waals surface area contributed by atoms with E-state index in [0.29, 0.717) is 30.1 Å². The van der Waals surface area contributed by atoms with Gasteiger partial charge in [0.05, 0.1) is 5.02 Å². The zero-order valence-corrected chi connectivity index (χ0v) is 18.0. The van der Waals surface area contributed by atoms with E-state index >= 15 is 0 Å². The van der Waals surface area contributed by atoms with E-state index in [1.54, 1.807) is 38.1 Å². The van der Waals surface area contributed by atoms with Gasteiger partial charge in [0.25, 0.3) is 5.91 Å². The highest BCUT2D eigenvalue weighted by Crippen LogP contribution is 2.27. The summed E-state index contributed by atoms with van der Waals surface area (Å²) in [7, 11) is -3.77. The van der Waals surface area contributed by atoms with Gasteiger partial charge in [-0.25, -0.2) is 8.42 Å². The Morgan fingerprint density at radius 1 is 1.07 bits per heavy atom. The number of carbonyl (C=O) groups is 2. The van der Waals surface area contributed by atoms with Crippen LogP contribution >= 0.6 is 11.6 Å². The summed E-state index contributed by atoms with van der Waals surface area (Å²) >= 11 is 6.08. The molecule has 1 amide bonds. The van der Waals surface area contributed by atoms with Gasteiger partial charge in [0.1, 0.15) is 10.6 Å². The first kappa shape index (κ1) is 22.9. The number of nitrogens with one attached hydrogen (secondary N) is 1. The van der Waals surface area contributed by atoms with Gasteiger partial charge in [0, 0.05) is 24.3 Å². The lowest BCUT2D eigenvalue weighted by molar-refractivity contribution is -0.118. The van der Waals surface area contributed by atoms with Crippen LogP contribution in [0.5, 0.6) is 5.75 Å². The van der Waals surface area contributed by atoms with Gasteiger partial charge in [-0.1, -0.05) is 25.4 Å². The van der Waals surface area contributed by atoms with Gasteiger partial charge in [-0.05, 0) is 49.4 Å². The van der Waals surface area contributed by atoms with Crippen molar-refractivity contribution in [3.05, 3.63) is 53.1 Å². The second-order valence-corrected chi connectivity index (χ2v) is 8.47. The smallest absolute Gasteiger partial charge is 0.262 e. The molecule has 0 aliphatic rings.